The average Bonchev–Trinajstić information content (AvgIpc) is 3.25. The van der Waals surface area contributed by atoms with E-state index in [1.54, 1.807) is 12.1 Å². The fourth-order valence-electron chi connectivity index (χ4n) is 6.65. The number of hydrogen-bond donors (Lipinski definition) is 0. The van der Waals surface area contributed by atoms with E-state index in [9.17, 15) is 9.59 Å². The third kappa shape index (κ3) is 4.42. The van der Waals surface area contributed by atoms with E-state index in [1.165, 1.54) is 22.3 Å². The predicted molar refractivity (Wildman–Crippen MR) is 141 cm³/mol. The van der Waals surface area contributed by atoms with Gasteiger partial charge in [-0.1, -0.05) is 60.7 Å². The smallest absolute Gasteiger partial charge is 0.410 e. The fraction of sp³-hybridized carbons (Fsp3) is 0.344. The SMILES string of the molecule is N#Cc1ccc(CC(=O)C2CC3CCCC(C2)N3C(=O)OCC2c3ccccc3-c3ccccc32)cc1. The summed E-state index contributed by atoms with van der Waals surface area (Å²) < 4.78 is 6.00. The fourth-order valence-corrected chi connectivity index (χ4v) is 6.65. The lowest BCUT2D eigenvalue weighted by Crippen LogP contribution is -2.56. The second kappa shape index (κ2) is 9.86. The van der Waals surface area contributed by atoms with Crippen molar-refractivity contribution in [3.05, 3.63) is 95.1 Å². The Morgan fingerprint density at radius 3 is 2.05 bits per heavy atom. The molecule has 5 nitrogen and oxygen atoms in total. The molecule has 0 aromatic heterocycles. The summed E-state index contributed by atoms with van der Waals surface area (Å²) >= 11 is 0. The second-order valence-electron chi connectivity index (χ2n) is 10.6. The van der Waals surface area contributed by atoms with E-state index in [1.807, 2.05) is 29.2 Å². The Kier molecular flexibility index (Phi) is 6.26. The van der Waals surface area contributed by atoms with Gasteiger partial charge in [-0.3, -0.25) is 4.79 Å². The predicted octanol–water partition coefficient (Wildman–Crippen LogP) is 6.25. The Morgan fingerprint density at radius 1 is 0.865 bits per heavy atom. The van der Waals surface area contributed by atoms with Crippen molar-refractivity contribution in [2.45, 2.75) is 56.5 Å². The first-order chi connectivity index (χ1) is 18.1. The minimum Gasteiger partial charge on any atom is -0.448 e. The van der Waals surface area contributed by atoms with Gasteiger partial charge in [-0.2, -0.15) is 5.26 Å². The molecule has 0 spiro atoms. The monoisotopic (exact) mass is 490 g/mol. The molecule has 2 atom stereocenters. The Hall–Kier alpha value is -3.91. The minimum absolute atomic E-state index is 0.0384. The van der Waals surface area contributed by atoms with Crippen LogP contribution in [-0.2, 0) is 16.0 Å². The van der Waals surface area contributed by atoms with Crippen LogP contribution in [-0.4, -0.2) is 35.5 Å². The van der Waals surface area contributed by atoms with E-state index in [0.717, 1.165) is 24.8 Å². The summed E-state index contributed by atoms with van der Waals surface area (Å²) in [5.41, 5.74) is 6.40. The minimum atomic E-state index is -0.241. The number of amides is 1. The number of carbonyl (C=O) groups is 2. The van der Waals surface area contributed by atoms with Gasteiger partial charge in [0, 0.05) is 30.3 Å². The lowest BCUT2D eigenvalue weighted by Gasteiger charge is -2.47. The summed E-state index contributed by atoms with van der Waals surface area (Å²) in [6, 6.07) is 26.2. The lowest BCUT2D eigenvalue weighted by molar-refractivity contribution is -0.126. The summed E-state index contributed by atoms with van der Waals surface area (Å²) in [6.45, 7) is 0.323. The average molecular weight is 491 g/mol. The summed E-state index contributed by atoms with van der Waals surface area (Å²) in [5.74, 6) is 0.236. The third-order valence-corrected chi connectivity index (χ3v) is 8.44. The molecule has 2 bridgehead atoms. The molecule has 2 aliphatic heterocycles. The zero-order valence-electron chi connectivity index (χ0n) is 20.8. The summed E-state index contributed by atoms with van der Waals surface area (Å²) in [4.78, 5) is 28.5. The molecule has 1 aliphatic carbocycles. The molecule has 3 aliphatic rings. The Balaban J connectivity index is 1.12. The molecule has 2 heterocycles. The Morgan fingerprint density at radius 2 is 1.46 bits per heavy atom. The number of fused-ring (bicyclic) bond motifs is 5. The van der Waals surface area contributed by atoms with Crippen LogP contribution in [0.2, 0.25) is 0 Å². The van der Waals surface area contributed by atoms with Gasteiger partial charge < -0.3 is 9.64 Å². The van der Waals surface area contributed by atoms with E-state index in [4.69, 9.17) is 10.00 Å². The first-order valence-electron chi connectivity index (χ1n) is 13.3. The number of nitriles is 1. The van der Waals surface area contributed by atoms with Crippen LogP contribution < -0.4 is 0 Å². The van der Waals surface area contributed by atoms with Crippen LogP contribution in [0.25, 0.3) is 11.1 Å². The number of benzene rings is 3. The van der Waals surface area contributed by atoms with Crippen LogP contribution in [0.5, 0.6) is 0 Å². The van der Waals surface area contributed by atoms with Crippen molar-refractivity contribution in [1.29, 1.82) is 5.26 Å². The van der Waals surface area contributed by atoms with E-state index < -0.39 is 0 Å². The zero-order valence-corrected chi connectivity index (χ0v) is 20.8. The van der Waals surface area contributed by atoms with E-state index in [2.05, 4.69) is 42.5 Å². The van der Waals surface area contributed by atoms with Crippen LogP contribution in [0, 0.1) is 17.2 Å². The number of ketones is 1. The van der Waals surface area contributed by atoms with Crippen LogP contribution in [0.4, 0.5) is 4.79 Å². The molecule has 3 aromatic rings. The largest absolute Gasteiger partial charge is 0.448 e. The number of carbonyl (C=O) groups excluding carboxylic acids is 2. The number of ether oxygens (including phenoxy) is 1. The van der Waals surface area contributed by atoms with Crippen LogP contribution in [0.1, 0.15) is 60.3 Å². The van der Waals surface area contributed by atoms with Crippen molar-refractivity contribution in [3.63, 3.8) is 0 Å². The third-order valence-electron chi connectivity index (χ3n) is 8.44. The Labute approximate surface area is 217 Å². The van der Waals surface area contributed by atoms with Gasteiger partial charge >= 0.3 is 6.09 Å². The molecule has 3 aromatic carbocycles. The summed E-state index contributed by atoms with van der Waals surface area (Å²) in [6.07, 6.45) is 4.46. The molecule has 2 saturated heterocycles. The summed E-state index contributed by atoms with van der Waals surface area (Å²) in [5, 5.41) is 9.00. The number of piperidine rings is 2. The maximum Gasteiger partial charge on any atom is 0.410 e. The van der Waals surface area contributed by atoms with Crippen molar-refractivity contribution >= 4 is 11.9 Å². The molecule has 0 N–H and O–H groups in total. The van der Waals surface area contributed by atoms with Gasteiger partial charge in [0.05, 0.1) is 11.6 Å². The first kappa shape index (κ1) is 23.5. The van der Waals surface area contributed by atoms with E-state index >= 15 is 0 Å². The highest BCUT2D eigenvalue weighted by atomic mass is 16.6. The van der Waals surface area contributed by atoms with Gasteiger partial charge in [0.2, 0.25) is 0 Å². The van der Waals surface area contributed by atoms with Crippen LogP contribution >= 0.6 is 0 Å². The molecule has 2 fully saturated rings. The van der Waals surface area contributed by atoms with E-state index in [0.29, 0.717) is 31.4 Å². The van der Waals surface area contributed by atoms with Crippen LogP contribution in [0.3, 0.4) is 0 Å². The lowest BCUT2D eigenvalue weighted by atomic mass is 9.76. The summed E-state index contributed by atoms with van der Waals surface area (Å²) in [7, 11) is 0. The van der Waals surface area contributed by atoms with Gasteiger partial charge in [-0.05, 0) is 72.1 Å². The normalized spacial score (nSPS) is 22.0. The van der Waals surface area contributed by atoms with Crippen molar-refractivity contribution < 1.29 is 14.3 Å². The number of hydrogen-bond acceptors (Lipinski definition) is 4. The molecule has 0 saturated carbocycles. The van der Waals surface area contributed by atoms with Gasteiger partial charge in [0.15, 0.2) is 0 Å². The topological polar surface area (TPSA) is 70.4 Å². The maximum atomic E-state index is 13.4. The highest BCUT2D eigenvalue weighted by molar-refractivity contribution is 5.84. The highest BCUT2D eigenvalue weighted by Gasteiger charge is 2.43. The number of nitrogens with zero attached hydrogens (tertiary/aromatic N) is 2. The van der Waals surface area contributed by atoms with E-state index in [-0.39, 0.29) is 35.8 Å². The van der Waals surface area contributed by atoms with Gasteiger partial charge in [0.25, 0.3) is 0 Å². The quantitative estimate of drug-likeness (QED) is 0.424. The molecule has 5 heteroatoms. The van der Waals surface area contributed by atoms with Crippen LogP contribution in [0.15, 0.2) is 72.8 Å². The second-order valence-corrected chi connectivity index (χ2v) is 10.6. The molecular formula is C32H30N2O3. The molecule has 37 heavy (non-hydrogen) atoms. The molecule has 186 valence electrons. The molecule has 2 unspecified atom stereocenters. The number of Topliss-reactive ketones (excluding diaryl/α,β-unsaturated/α-hetero) is 1. The zero-order chi connectivity index (χ0) is 25.4. The molecule has 0 radical (unpaired) electrons. The Bertz CT molecular complexity index is 1310. The molecule has 1 amide bonds. The van der Waals surface area contributed by atoms with Crippen molar-refractivity contribution in [2.75, 3.05) is 6.61 Å². The molecule has 6 rings (SSSR count). The maximum absolute atomic E-state index is 13.4. The highest BCUT2D eigenvalue weighted by Crippen LogP contribution is 2.45. The molecular weight excluding hydrogens is 460 g/mol. The standard InChI is InChI=1S/C32H30N2O3/c33-19-22-14-12-21(13-15-22)16-31(35)23-17-24-6-5-7-25(18-23)34(24)32(36)37-20-30-28-10-3-1-8-26(28)27-9-2-4-11-29(27)30/h1-4,8-15,23-25,30H,5-7,16-18,20H2. The van der Waals surface area contributed by atoms with Crippen molar-refractivity contribution in [2.24, 2.45) is 5.92 Å². The number of rotatable bonds is 5. The van der Waals surface area contributed by atoms with Crippen molar-refractivity contribution in [3.8, 4) is 17.2 Å². The van der Waals surface area contributed by atoms with Gasteiger partial charge in [-0.25, -0.2) is 4.79 Å². The first-order valence-corrected chi connectivity index (χ1v) is 13.3. The van der Waals surface area contributed by atoms with Gasteiger partial charge in [0.1, 0.15) is 12.4 Å². The van der Waals surface area contributed by atoms with Gasteiger partial charge in [-0.15, -0.1) is 0 Å². The van der Waals surface area contributed by atoms with Crippen molar-refractivity contribution in [1.82, 2.24) is 4.90 Å².